The molecule has 4 amide bonds. The summed E-state index contributed by atoms with van der Waals surface area (Å²) in [7, 11) is 6.30. The summed E-state index contributed by atoms with van der Waals surface area (Å²) >= 11 is 0. The molecule has 0 aliphatic rings. The van der Waals surface area contributed by atoms with Crippen molar-refractivity contribution in [2.45, 2.75) is 51.9 Å². The van der Waals surface area contributed by atoms with E-state index in [0.717, 1.165) is 22.3 Å². The highest BCUT2D eigenvalue weighted by Crippen LogP contribution is 2.29. The number of benzene rings is 3. The second-order valence-corrected chi connectivity index (χ2v) is 10.8. The van der Waals surface area contributed by atoms with Crippen LogP contribution in [0.2, 0.25) is 0 Å². The highest BCUT2D eigenvalue weighted by atomic mass is 16.5. The van der Waals surface area contributed by atoms with Gasteiger partial charge in [-0.15, -0.1) is 0 Å². The zero-order chi connectivity index (χ0) is 30.9. The average Bonchev–Trinajstić information content (AvgIpc) is 2.98. The summed E-state index contributed by atoms with van der Waals surface area (Å²) in [6.45, 7) is 8.35. The van der Waals surface area contributed by atoms with E-state index in [1.807, 2.05) is 76.2 Å². The third-order valence-electron chi connectivity index (χ3n) is 6.96. The van der Waals surface area contributed by atoms with Crippen LogP contribution in [0.25, 0.3) is 0 Å². The van der Waals surface area contributed by atoms with Gasteiger partial charge in [0.2, 0.25) is 0 Å². The van der Waals surface area contributed by atoms with Gasteiger partial charge in [-0.3, -0.25) is 0 Å². The summed E-state index contributed by atoms with van der Waals surface area (Å²) in [4.78, 5) is 25.6. The molecule has 10 nitrogen and oxygen atoms in total. The van der Waals surface area contributed by atoms with Gasteiger partial charge in [-0.1, -0.05) is 36.4 Å². The molecule has 0 saturated heterocycles. The Kier molecular flexibility index (Phi) is 10.5. The predicted octanol–water partition coefficient (Wildman–Crippen LogP) is 5.19. The fourth-order valence-electron chi connectivity index (χ4n) is 4.44. The Labute approximate surface area is 248 Å². The molecule has 3 rings (SSSR count). The summed E-state index contributed by atoms with van der Waals surface area (Å²) in [5.74, 6) is 2.44. The van der Waals surface area contributed by atoms with Crippen molar-refractivity contribution in [3.05, 3.63) is 82.9 Å². The van der Waals surface area contributed by atoms with Crippen molar-refractivity contribution in [3.8, 4) is 23.0 Å². The lowest BCUT2D eigenvalue weighted by atomic mass is 9.87. The van der Waals surface area contributed by atoms with Crippen molar-refractivity contribution in [2.24, 2.45) is 0 Å². The first kappa shape index (κ1) is 31.9. The molecule has 0 atom stereocenters. The number of urea groups is 2. The van der Waals surface area contributed by atoms with E-state index in [0.29, 0.717) is 36.1 Å². The Morgan fingerprint density at radius 2 is 0.952 bits per heavy atom. The number of hydrogen-bond donors (Lipinski definition) is 4. The van der Waals surface area contributed by atoms with Gasteiger partial charge in [0.25, 0.3) is 0 Å². The molecule has 0 unspecified atom stereocenters. The molecule has 0 bridgehead atoms. The van der Waals surface area contributed by atoms with Gasteiger partial charge in [-0.2, -0.15) is 0 Å². The van der Waals surface area contributed by atoms with E-state index >= 15 is 0 Å². The number of carbonyl (C=O) groups is 2. The van der Waals surface area contributed by atoms with Crippen LogP contribution in [0.5, 0.6) is 23.0 Å². The van der Waals surface area contributed by atoms with Crippen molar-refractivity contribution >= 4 is 12.1 Å². The van der Waals surface area contributed by atoms with E-state index in [2.05, 4.69) is 21.3 Å². The van der Waals surface area contributed by atoms with E-state index < -0.39 is 11.1 Å². The van der Waals surface area contributed by atoms with Crippen molar-refractivity contribution in [3.63, 3.8) is 0 Å². The van der Waals surface area contributed by atoms with E-state index in [1.165, 1.54) is 0 Å². The Morgan fingerprint density at radius 1 is 0.571 bits per heavy atom. The second-order valence-electron chi connectivity index (χ2n) is 10.8. The standard InChI is InChI=1S/C32H42N4O6/c1-31(2,35-29(37)33-19-21-12-14-25(39-5)27(16-21)41-7)23-10-9-11-24(18-23)32(3,4)36-30(38)34-20-22-13-15-26(40-6)28(17-22)42-8/h9-18H,19-20H2,1-8H3,(H2,33,35,37)(H2,34,36,38). The fraction of sp³-hybridized carbons (Fsp3) is 0.375. The summed E-state index contributed by atoms with van der Waals surface area (Å²) in [5, 5.41) is 11.9. The lowest BCUT2D eigenvalue weighted by Crippen LogP contribution is -2.47. The van der Waals surface area contributed by atoms with Gasteiger partial charge in [0.15, 0.2) is 23.0 Å². The average molecular weight is 579 g/mol. The Bertz CT molecular complexity index is 1290. The van der Waals surface area contributed by atoms with Crippen molar-refractivity contribution < 1.29 is 28.5 Å². The van der Waals surface area contributed by atoms with Gasteiger partial charge >= 0.3 is 12.1 Å². The molecule has 0 fully saturated rings. The third kappa shape index (κ3) is 8.22. The highest BCUT2D eigenvalue weighted by Gasteiger charge is 2.27. The van der Waals surface area contributed by atoms with Crippen LogP contribution in [0.4, 0.5) is 9.59 Å². The molecule has 0 saturated carbocycles. The molecule has 0 spiro atoms. The second kappa shape index (κ2) is 13.8. The zero-order valence-corrected chi connectivity index (χ0v) is 25.6. The predicted molar refractivity (Wildman–Crippen MR) is 162 cm³/mol. The van der Waals surface area contributed by atoms with Crippen LogP contribution >= 0.6 is 0 Å². The number of rotatable bonds is 12. The van der Waals surface area contributed by atoms with E-state index in [4.69, 9.17) is 18.9 Å². The van der Waals surface area contributed by atoms with Crippen LogP contribution in [-0.4, -0.2) is 40.5 Å². The zero-order valence-electron chi connectivity index (χ0n) is 25.6. The third-order valence-corrected chi connectivity index (χ3v) is 6.96. The van der Waals surface area contributed by atoms with Crippen molar-refractivity contribution in [1.29, 1.82) is 0 Å². The van der Waals surface area contributed by atoms with Gasteiger partial charge < -0.3 is 40.2 Å². The highest BCUT2D eigenvalue weighted by molar-refractivity contribution is 5.76. The van der Waals surface area contributed by atoms with Gasteiger partial charge in [-0.25, -0.2) is 9.59 Å². The largest absolute Gasteiger partial charge is 0.493 e. The molecule has 3 aromatic carbocycles. The topological polar surface area (TPSA) is 119 Å². The number of amides is 4. The summed E-state index contributed by atoms with van der Waals surface area (Å²) in [5.41, 5.74) is 2.15. The monoisotopic (exact) mass is 578 g/mol. The molecule has 42 heavy (non-hydrogen) atoms. The molecule has 3 aromatic rings. The lowest BCUT2D eigenvalue weighted by Gasteiger charge is -2.31. The molecule has 0 aliphatic carbocycles. The Hall–Kier alpha value is -4.60. The fourth-order valence-corrected chi connectivity index (χ4v) is 4.44. The minimum atomic E-state index is -0.691. The number of ether oxygens (including phenoxy) is 4. The van der Waals surface area contributed by atoms with Crippen molar-refractivity contribution in [1.82, 2.24) is 21.3 Å². The molecule has 4 N–H and O–H groups in total. The minimum Gasteiger partial charge on any atom is -0.493 e. The smallest absolute Gasteiger partial charge is 0.315 e. The quantitative estimate of drug-likeness (QED) is 0.235. The van der Waals surface area contributed by atoms with Crippen LogP contribution < -0.4 is 40.2 Å². The number of methoxy groups -OCH3 is 4. The summed E-state index contributed by atoms with van der Waals surface area (Å²) < 4.78 is 21.2. The van der Waals surface area contributed by atoms with Crippen LogP contribution in [0.15, 0.2) is 60.7 Å². The van der Waals surface area contributed by atoms with E-state index in [1.54, 1.807) is 40.6 Å². The van der Waals surface area contributed by atoms with Gasteiger partial charge in [0.1, 0.15) is 0 Å². The van der Waals surface area contributed by atoms with E-state index in [9.17, 15) is 9.59 Å². The molecule has 226 valence electrons. The SMILES string of the molecule is COc1ccc(CNC(=O)NC(C)(C)c2cccc(C(C)(C)NC(=O)NCc3ccc(OC)c(OC)c3)c2)cc1OC. The normalized spacial score (nSPS) is 11.2. The molecular formula is C32H42N4O6. The van der Waals surface area contributed by atoms with E-state index in [-0.39, 0.29) is 12.1 Å². The maximum Gasteiger partial charge on any atom is 0.315 e. The first-order chi connectivity index (χ1) is 19.9. The molecular weight excluding hydrogens is 536 g/mol. The van der Waals surface area contributed by atoms with Gasteiger partial charge in [0, 0.05) is 13.1 Å². The van der Waals surface area contributed by atoms with Crippen LogP contribution in [-0.2, 0) is 24.2 Å². The van der Waals surface area contributed by atoms with Crippen LogP contribution in [0.1, 0.15) is 49.9 Å². The molecule has 0 aliphatic heterocycles. The maximum absolute atomic E-state index is 12.8. The number of carbonyl (C=O) groups excluding carboxylic acids is 2. The van der Waals surface area contributed by atoms with Gasteiger partial charge in [0.05, 0.1) is 39.5 Å². The first-order valence-electron chi connectivity index (χ1n) is 13.6. The molecule has 0 aromatic heterocycles. The van der Waals surface area contributed by atoms with Crippen LogP contribution in [0, 0.1) is 0 Å². The van der Waals surface area contributed by atoms with Gasteiger partial charge in [-0.05, 0) is 74.2 Å². The number of hydrogen-bond acceptors (Lipinski definition) is 6. The Balaban J connectivity index is 1.61. The maximum atomic E-state index is 12.8. The molecule has 0 heterocycles. The number of nitrogens with one attached hydrogen (secondary N) is 4. The minimum absolute atomic E-state index is 0.313. The summed E-state index contributed by atoms with van der Waals surface area (Å²) in [6, 6.07) is 18.2. The molecule has 0 radical (unpaired) electrons. The molecule has 10 heteroatoms. The first-order valence-corrected chi connectivity index (χ1v) is 13.6. The lowest BCUT2D eigenvalue weighted by molar-refractivity contribution is 0.229. The Morgan fingerprint density at radius 3 is 1.31 bits per heavy atom. The van der Waals surface area contributed by atoms with Crippen molar-refractivity contribution in [2.75, 3.05) is 28.4 Å². The summed E-state index contributed by atoms with van der Waals surface area (Å²) in [6.07, 6.45) is 0. The van der Waals surface area contributed by atoms with Crippen LogP contribution in [0.3, 0.4) is 0 Å².